The Morgan fingerprint density at radius 2 is 1.88 bits per heavy atom. The maximum atomic E-state index is 12.5. The Kier molecular flexibility index (Phi) is 7.91. The lowest BCUT2D eigenvalue weighted by Gasteiger charge is -2.18. The molecule has 0 fully saturated rings. The molecule has 3 aromatic rings. The van der Waals surface area contributed by atoms with Gasteiger partial charge >= 0.3 is 0 Å². The number of carbonyl (C=O) groups is 1. The van der Waals surface area contributed by atoms with Crippen LogP contribution < -0.4 is 15.6 Å². The molecule has 7 heteroatoms. The zero-order valence-corrected chi connectivity index (χ0v) is 18.4. The molecule has 166 valence electrons. The first-order valence-electron chi connectivity index (χ1n) is 10.6. The number of nitrogens with one attached hydrogen (secondary N) is 3. The molecule has 0 amide bonds. The van der Waals surface area contributed by atoms with Gasteiger partial charge in [-0.15, -0.1) is 0 Å². The average Bonchev–Trinajstić information content (AvgIpc) is 2.79. The van der Waals surface area contributed by atoms with Crippen molar-refractivity contribution < 1.29 is 9.53 Å². The van der Waals surface area contributed by atoms with Gasteiger partial charge in [0.1, 0.15) is 17.4 Å². The van der Waals surface area contributed by atoms with Gasteiger partial charge in [0, 0.05) is 12.6 Å². The lowest BCUT2D eigenvalue weighted by molar-refractivity contribution is -0.117. The largest absolute Gasteiger partial charge is 0.497 e. The van der Waals surface area contributed by atoms with E-state index >= 15 is 0 Å². The summed E-state index contributed by atoms with van der Waals surface area (Å²) in [5, 5.41) is 10.8. The van der Waals surface area contributed by atoms with E-state index in [1.807, 2.05) is 42.5 Å². The molecule has 0 aliphatic rings. The van der Waals surface area contributed by atoms with Crippen molar-refractivity contribution in [2.45, 2.75) is 38.6 Å². The van der Waals surface area contributed by atoms with Crippen molar-refractivity contribution in [2.75, 3.05) is 12.4 Å². The highest BCUT2D eigenvalue weighted by Crippen LogP contribution is 2.16. The van der Waals surface area contributed by atoms with Gasteiger partial charge in [0.15, 0.2) is 5.78 Å². The molecule has 0 radical (unpaired) electrons. The fourth-order valence-electron chi connectivity index (χ4n) is 3.49. The predicted octanol–water partition coefficient (Wildman–Crippen LogP) is 3.76. The molecule has 1 aromatic heterocycles. The quantitative estimate of drug-likeness (QED) is 0.400. The summed E-state index contributed by atoms with van der Waals surface area (Å²) in [6.45, 7) is 1.52. The van der Waals surface area contributed by atoms with E-state index in [4.69, 9.17) is 10.1 Å². The van der Waals surface area contributed by atoms with Crippen LogP contribution in [0.3, 0.4) is 0 Å². The molecule has 3 N–H and O–H groups in total. The molecule has 1 heterocycles. The second-order valence-corrected chi connectivity index (χ2v) is 7.63. The number of anilines is 1. The molecular weight excluding hydrogens is 404 g/mol. The maximum Gasteiger partial charge on any atom is 0.261 e. The topological polar surface area (TPSA) is 108 Å². The number of aromatic amines is 1. The minimum absolute atomic E-state index is 0.0345. The Morgan fingerprint density at radius 1 is 1.16 bits per heavy atom. The molecule has 0 saturated heterocycles. The first-order valence-corrected chi connectivity index (χ1v) is 10.6. The predicted molar refractivity (Wildman–Crippen MR) is 126 cm³/mol. The second-order valence-electron chi connectivity index (χ2n) is 7.63. The van der Waals surface area contributed by atoms with E-state index in [0.29, 0.717) is 18.7 Å². The summed E-state index contributed by atoms with van der Waals surface area (Å²) >= 11 is 0. The van der Waals surface area contributed by atoms with Gasteiger partial charge in [-0.1, -0.05) is 42.5 Å². The first-order chi connectivity index (χ1) is 15.5. The van der Waals surface area contributed by atoms with Crippen LogP contribution >= 0.6 is 0 Å². The van der Waals surface area contributed by atoms with Crippen LogP contribution in [0.1, 0.15) is 42.3 Å². The Labute approximate surface area is 187 Å². The number of ether oxygens (including phenoxy) is 1. The Hall–Kier alpha value is -3.74. The van der Waals surface area contributed by atoms with Crippen LogP contribution in [0.2, 0.25) is 0 Å². The zero-order chi connectivity index (χ0) is 22.9. The third kappa shape index (κ3) is 6.14. The molecule has 0 aliphatic carbocycles. The molecule has 0 saturated carbocycles. The van der Waals surface area contributed by atoms with E-state index in [1.54, 1.807) is 7.11 Å². The zero-order valence-electron chi connectivity index (χ0n) is 18.4. The van der Waals surface area contributed by atoms with Crippen molar-refractivity contribution in [3.63, 3.8) is 0 Å². The number of nitrogens with zero attached hydrogens (tertiary/aromatic N) is 1. The van der Waals surface area contributed by atoms with Gasteiger partial charge in [0.25, 0.3) is 5.56 Å². The van der Waals surface area contributed by atoms with Crippen molar-refractivity contribution in [1.82, 2.24) is 9.97 Å². The summed E-state index contributed by atoms with van der Waals surface area (Å²) in [6.07, 6.45) is 3.64. The summed E-state index contributed by atoms with van der Waals surface area (Å²) in [6, 6.07) is 17.1. The lowest BCUT2D eigenvalue weighted by atomic mass is 10.0. The fourth-order valence-corrected chi connectivity index (χ4v) is 3.49. The maximum absolute atomic E-state index is 12.5. The molecule has 1 atom stereocenters. The summed E-state index contributed by atoms with van der Waals surface area (Å²) < 4.78 is 5.17. The number of Topliss-reactive ketones (excluding diaryl/α,β-unsaturated/α-hetero) is 1. The normalized spacial score (nSPS) is 11.6. The van der Waals surface area contributed by atoms with E-state index in [0.717, 1.165) is 30.4 Å². The molecule has 0 bridgehead atoms. The third-order valence-corrected chi connectivity index (χ3v) is 5.28. The van der Waals surface area contributed by atoms with Gasteiger partial charge in [0.05, 0.1) is 18.7 Å². The third-order valence-electron chi connectivity index (χ3n) is 5.28. The molecule has 2 aromatic carbocycles. The number of H-pyrrole nitrogens is 1. The number of rotatable bonds is 11. The van der Waals surface area contributed by atoms with Gasteiger partial charge in [-0.2, -0.15) is 0 Å². The van der Waals surface area contributed by atoms with E-state index in [1.165, 1.54) is 12.5 Å². The second kappa shape index (κ2) is 11.0. The number of methoxy groups -OCH3 is 1. The van der Waals surface area contributed by atoms with Gasteiger partial charge in [-0.3, -0.25) is 9.59 Å². The van der Waals surface area contributed by atoms with Crippen LogP contribution in [-0.2, 0) is 17.6 Å². The lowest BCUT2D eigenvalue weighted by Crippen LogP contribution is -2.31. The van der Waals surface area contributed by atoms with Crippen molar-refractivity contribution in [1.29, 1.82) is 5.41 Å². The molecule has 0 spiro atoms. The summed E-state index contributed by atoms with van der Waals surface area (Å²) in [4.78, 5) is 32.1. The van der Waals surface area contributed by atoms with Crippen molar-refractivity contribution in [2.24, 2.45) is 0 Å². The minimum Gasteiger partial charge on any atom is -0.497 e. The number of benzene rings is 2. The number of ketones is 1. The van der Waals surface area contributed by atoms with Crippen LogP contribution in [0.5, 0.6) is 5.75 Å². The average molecular weight is 433 g/mol. The monoisotopic (exact) mass is 432 g/mol. The smallest absolute Gasteiger partial charge is 0.261 e. The van der Waals surface area contributed by atoms with Crippen LogP contribution in [0.25, 0.3) is 0 Å². The van der Waals surface area contributed by atoms with Crippen LogP contribution in [0, 0.1) is 5.41 Å². The highest BCUT2D eigenvalue weighted by atomic mass is 16.5. The summed E-state index contributed by atoms with van der Waals surface area (Å²) in [5.41, 5.74) is 1.87. The molecule has 0 aliphatic heterocycles. The summed E-state index contributed by atoms with van der Waals surface area (Å²) in [7, 11) is 1.60. The number of carbonyl (C=O) groups excluding carboxylic acids is 1. The van der Waals surface area contributed by atoms with Gasteiger partial charge in [-0.05, 0) is 49.4 Å². The van der Waals surface area contributed by atoms with Crippen LogP contribution in [0.4, 0.5) is 5.82 Å². The van der Waals surface area contributed by atoms with E-state index in [9.17, 15) is 9.59 Å². The Bertz CT molecular complexity index is 1110. The van der Waals surface area contributed by atoms with E-state index < -0.39 is 11.6 Å². The molecule has 3 rings (SSSR count). The van der Waals surface area contributed by atoms with E-state index in [-0.39, 0.29) is 17.2 Å². The number of hydrogen-bond acceptors (Lipinski definition) is 6. The highest BCUT2D eigenvalue weighted by molar-refractivity contribution is 5.88. The number of aromatic nitrogens is 2. The van der Waals surface area contributed by atoms with E-state index in [2.05, 4.69) is 27.4 Å². The fraction of sp³-hybridized carbons (Fsp3) is 0.280. The van der Waals surface area contributed by atoms with Crippen LogP contribution in [-0.4, -0.2) is 35.1 Å². The minimum atomic E-state index is -0.486. The van der Waals surface area contributed by atoms with Gasteiger partial charge in [-0.25, -0.2) is 4.98 Å². The van der Waals surface area contributed by atoms with Crippen molar-refractivity contribution in [3.05, 3.63) is 87.5 Å². The Morgan fingerprint density at radius 3 is 2.50 bits per heavy atom. The molecule has 1 unspecified atom stereocenters. The highest BCUT2D eigenvalue weighted by Gasteiger charge is 2.18. The first kappa shape index (κ1) is 22.9. The SMILES string of the molecule is COc1ccc(Cc2nc(NC(CCCc3ccccc3)C(C)=O)c(C=N)c(=O)[nH]2)cc1. The molecule has 7 nitrogen and oxygen atoms in total. The van der Waals surface area contributed by atoms with Crippen LogP contribution in [0.15, 0.2) is 59.4 Å². The van der Waals surface area contributed by atoms with Gasteiger partial charge < -0.3 is 20.4 Å². The molecular formula is C25H28N4O3. The standard InChI is InChI=1S/C25H28N4O3/c1-17(30)22(10-6-9-18-7-4-3-5-8-18)27-24-21(16-26)25(31)29-23(28-24)15-19-11-13-20(32-2)14-12-19/h3-5,7-8,11-14,16,22,26H,6,9-10,15H2,1-2H3,(H2,27,28,29,31). The Balaban J connectivity index is 1.76. The van der Waals surface area contributed by atoms with Crippen molar-refractivity contribution in [3.8, 4) is 5.75 Å². The van der Waals surface area contributed by atoms with Gasteiger partial charge in [0.2, 0.25) is 0 Å². The number of hydrogen-bond donors (Lipinski definition) is 3. The number of aryl methyl sites for hydroxylation is 1. The van der Waals surface area contributed by atoms with Crippen molar-refractivity contribution >= 4 is 17.8 Å². The molecule has 32 heavy (non-hydrogen) atoms. The summed E-state index contributed by atoms with van der Waals surface area (Å²) in [5.74, 6) is 1.43.